The van der Waals surface area contributed by atoms with Gasteiger partial charge in [0.1, 0.15) is 0 Å². The van der Waals surface area contributed by atoms with Gasteiger partial charge in [-0.1, -0.05) is 68.9 Å². The number of benzene rings is 4. The first-order valence-electron chi connectivity index (χ1n) is 16.5. The van der Waals surface area contributed by atoms with Crippen LogP contribution in [0.25, 0.3) is 21.5 Å². The van der Waals surface area contributed by atoms with Crippen molar-refractivity contribution in [3.8, 4) is 11.8 Å². The molecule has 4 amide bonds. The Balaban J connectivity index is 0.000000215. The summed E-state index contributed by atoms with van der Waals surface area (Å²) in [6.07, 6.45) is 5.04. The van der Waals surface area contributed by atoms with E-state index < -0.39 is 54.9 Å². The van der Waals surface area contributed by atoms with E-state index in [1.54, 1.807) is 18.2 Å². The average Bonchev–Trinajstić information content (AvgIpc) is 3.13. The Hall–Kier alpha value is -5.36. The summed E-state index contributed by atoms with van der Waals surface area (Å²) in [5.74, 6) is 0.804. The van der Waals surface area contributed by atoms with Crippen LogP contribution in [0.5, 0.6) is 0 Å². The van der Waals surface area contributed by atoms with Gasteiger partial charge in [-0.25, -0.2) is 0 Å². The van der Waals surface area contributed by atoms with Crippen molar-refractivity contribution < 1.29 is 70.9 Å². The third kappa shape index (κ3) is 7.84. The topological polar surface area (TPSA) is 161 Å². The molecule has 6 rings (SSSR count). The van der Waals surface area contributed by atoms with Crippen molar-refractivity contribution in [3.05, 3.63) is 94.0 Å². The van der Waals surface area contributed by atoms with E-state index in [1.165, 1.54) is 42.5 Å². The van der Waals surface area contributed by atoms with Crippen LogP contribution in [0.1, 0.15) is 98.5 Å². The molecule has 2 aliphatic rings. The van der Waals surface area contributed by atoms with Crippen molar-refractivity contribution in [2.24, 2.45) is 0 Å². The van der Waals surface area contributed by atoms with Gasteiger partial charge in [0.15, 0.2) is 0 Å². The van der Waals surface area contributed by atoms with Gasteiger partial charge in [-0.15, -0.1) is 18.7 Å². The van der Waals surface area contributed by atoms with Crippen LogP contribution in [-0.4, -0.2) is 61.6 Å². The summed E-state index contributed by atoms with van der Waals surface area (Å²) in [6, 6.07) is 14.7. The zero-order valence-electron chi connectivity index (χ0n) is 29.1. The van der Waals surface area contributed by atoms with Gasteiger partial charge in [0.25, 0.3) is 23.6 Å². The van der Waals surface area contributed by atoms with E-state index in [2.05, 4.69) is 20.4 Å². The van der Waals surface area contributed by atoms with E-state index in [-0.39, 0.29) is 43.2 Å². The summed E-state index contributed by atoms with van der Waals surface area (Å²) in [7, 11) is -12.4. The van der Waals surface area contributed by atoms with Gasteiger partial charge in [0.05, 0.1) is 22.3 Å². The molecule has 0 aliphatic carbocycles. The minimum atomic E-state index is -6.20. The van der Waals surface area contributed by atoms with Crippen LogP contribution in [0.4, 0.5) is 26.3 Å². The Bertz CT molecular complexity index is 2530. The number of hydrogen-bond donors (Lipinski definition) is 0. The largest absolute Gasteiger partial charge is 0.525 e. The molecule has 12 nitrogen and oxygen atoms in total. The zero-order valence-corrected chi connectivity index (χ0v) is 30.7. The van der Waals surface area contributed by atoms with E-state index in [0.717, 1.165) is 31.2 Å². The van der Waals surface area contributed by atoms with Crippen LogP contribution < -0.4 is 0 Å². The van der Waals surface area contributed by atoms with Crippen LogP contribution in [0.2, 0.25) is 0 Å². The number of nitrogens with zero attached hydrogens (tertiary/aromatic N) is 2. The number of hydrogen-bond acceptors (Lipinski definition) is 10. The van der Waals surface area contributed by atoms with Gasteiger partial charge in [-0.05, 0) is 65.9 Å². The Kier molecular flexibility index (Phi) is 11.7. The quantitative estimate of drug-likeness (QED) is 0.0550. The highest BCUT2D eigenvalue weighted by atomic mass is 32.2. The van der Waals surface area contributed by atoms with E-state index in [0.29, 0.717) is 29.2 Å². The van der Waals surface area contributed by atoms with Crippen molar-refractivity contribution >= 4 is 65.4 Å². The molecule has 296 valence electrons. The van der Waals surface area contributed by atoms with E-state index in [4.69, 9.17) is 0 Å². The summed E-state index contributed by atoms with van der Waals surface area (Å²) in [6.45, 7) is 4.03. The molecule has 0 bridgehead atoms. The number of unbranched alkanes of at least 4 members (excludes halogenated alkanes) is 3. The molecule has 0 atom stereocenters. The SMILES string of the molecule is CCCCC#Cc1ccc2c3c(cccc13)C(=O)N(OS(=O)(=O)C(F)(F)F)C2=O.CCCCc1ccc2c3c(cccc13)C(=O)N(OS(=O)(=O)C(F)(F)F)C2=O. The lowest BCUT2D eigenvalue weighted by atomic mass is 9.90. The molecule has 0 saturated carbocycles. The van der Waals surface area contributed by atoms with Gasteiger partial charge in [0, 0.05) is 22.8 Å². The Morgan fingerprint density at radius 2 is 1.02 bits per heavy atom. The summed E-state index contributed by atoms with van der Waals surface area (Å²) >= 11 is 0. The van der Waals surface area contributed by atoms with Crippen molar-refractivity contribution in [2.75, 3.05) is 0 Å². The van der Waals surface area contributed by atoms with Gasteiger partial charge >= 0.3 is 31.3 Å². The fraction of sp³-hybridized carbons (Fsp3) is 0.278. The Labute approximate surface area is 315 Å². The van der Waals surface area contributed by atoms with Gasteiger partial charge in [-0.2, -0.15) is 43.2 Å². The fourth-order valence-electron chi connectivity index (χ4n) is 5.74. The molecule has 0 saturated heterocycles. The minimum Gasteiger partial charge on any atom is -0.266 e. The number of halogens is 6. The van der Waals surface area contributed by atoms with Crippen LogP contribution >= 0.6 is 0 Å². The Morgan fingerprint density at radius 3 is 1.48 bits per heavy atom. The van der Waals surface area contributed by atoms with Crippen molar-refractivity contribution in [1.82, 2.24) is 10.1 Å². The number of rotatable bonds is 9. The zero-order chi connectivity index (χ0) is 41.4. The standard InChI is InChI=1S/C19H14F3NO5S.C17H14F3NO5S/c1-2-3-4-5-7-12-10-11-15-16-13(12)8-6-9-14(16)17(24)23(18(15)25)28-29(26,27)19(20,21)22;1-2-3-5-10-8-9-13-14-11(10)6-4-7-12(14)15(22)21(16(13)23)26-27(24,25)17(18,19)20/h6,8-11H,2-4H2,1H3;4,6-9H,2-3,5H2,1H3. The lowest BCUT2D eigenvalue weighted by Crippen LogP contribution is -2.44. The summed E-state index contributed by atoms with van der Waals surface area (Å²) in [5.41, 5.74) is -10.7. The highest BCUT2D eigenvalue weighted by Crippen LogP contribution is 2.36. The molecule has 0 N–H and O–H groups in total. The molecule has 4 aromatic rings. The predicted octanol–water partition coefficient (Wildman–Crippen LogP) is 7.32. The smallest absolute Gasteiger partial charge is 0.266 e. The van der Waals surface area contributed by atoms with Gasteiger partial charge in [-0.3, -0.25) is 19.2 Å². The molecule has 2 heterocycles. The van der Waals surface area contributed by atoms with Crippen LogP contribution in [0.15, 0.2) is 60.7 Å². The van der Waals surface area contributed by atoms with Crippen molar-refractivity contribution in [2.45, 2.75) is 63.4 Å². The highest BCUT2D eigenvalue weighted by Gasteiger charge is 2.53. The first-order valence-corrected chi connectivity index (χ1v) is 19.4. The number of carbonyl (C=O) groups is 4. The first kappa shape index (κ1) is 41.8. The molecule has 0 fully saturated rings. The fourth-order valence-corrected chi connectivity index (χ4v) is 6.57. The highest BCUT2D eigenvalue weighted by molar-refractivity contribution is 7.87. The van der Waals surface area contributed by atoms with Crippen molar-refractivity contribution in [3.63, 3.8) is 0 Å². The molecule has 0 spiro atoms. The average molecular weight is 827 g/mol. The first-order chi connectivity index (χ1) is 26.2. The second-order valence-corrected chi connectivity index (χ2v) is 15.2. The maximum absolute atomic E-state index is 12.6. The summed E-state index contributed by atoms with van der Waals surface area (Å²) < 4.78 is 128. The third-order valence-electron chi connectivity index (χ3n) is 8.42. The molecule has 2 aliphatic heterocycles. The molecule has 0 unspecified atom stereocenters. The molecule has 0 aromatic heterocycles. The van der Waals surface area contributed by atoms with E-state index in [1.807, 2.05) is 13.8 Å². The van der Waals surface area contributed by atoms with Gasteiger partial charge < -0.3 is 0 Å². The molecule has 4 aromatic carbocycles. The summed E-state index contributed by atoms with van der Waals surface area (Å²) in [4.78, 5) is 50.1. The lowest BCUT2D eigenvalue weighted by molar-refractivity contribution is -0.0768. The van der Waals surface area contributed by atoms with Crippen LogP contribution in [-0.2, 0) is 35.2 Å². The monoisotopic (exact) mass is 826 g/mol. The lowest BCUT2D eigenvalue weighted by Gasteiger charge is -2.26. The van der Waals surface area contributed by atoms with E-state index >= 15 is 0 Å². The second kappa shape index (κ2) is 15.6. The number of alkyl halides is 6. The Morgan fingerprint density at radius 1 is 0.589 bits per heavy atom. The van der Waals surface area contributed by atoms with Crippen LogP contribution in [0.3, 0.4) is 0 Å². The molecular weight excluding hydrogens is 799 g/mol. The number of hydroxylamine groups is 4. The number of aryl methyl sites for hydroxylation is 1. The molecule has 56 heavy (non-hydrogen) atoms. The maximum atomic E-state index is 12.6. The van der Waals surface area contributed by atoms with E-state index in [9.17, 15) is 62.4 Å². The number of imide groups is 2. The molecular formula is C36H28F6N2O10S2. The number of carbonyl (C=O) groups excluding carboxylic acids is 4. The van der Waals surface area contributed by atoms with Crippen LogP contribution in [0, 0.1) is 11.8 Å². The third-order valence-corrected chi connectivity index (χ3v) is 10.2. The second-order valence-electron chi connectivity index (χ2n) is 12.2. The maximum Gasteiger partial charge on any atom is 0.525 e. The predicted molar refractivity (Wildman–Crippen MR) is 186 cm³/mol. The van der Waals surface area contributed by atoms with Crippen molar-refractivity contribution in [1.29, 1.82) is 0 Å². The minimum absolute atomic E-state index is 0.0992. The summed E-state index contributed by atoms with van der Waals surface area (Å²) in [5, 5.41) is 0.819. The number of amides is 4. The normalized spacial score (nSPS) is 14.5. The van der Waals surface area contributed by atoms with Gasteiger partial charge in [0.2, 0.25) is 0 Å². The molecule has 20 heteroatoms. The molecule has 0 radical (unpaired) electrons.